The van der Waals surface area contributed by atoms with Gasteiger partial charge in [-0.15, -0.1) is 0 Å². The van der Waals surface area contributed by atoms with Gasteiger partial charge in [-0.1, -0.05) is 23.2 Å². The summed E-state index contributed by atoms with van der Waals surface area (Å²) >= 11 is 12.7. The smallest absolute Gasteiger partial charge is 0.262 e. The van der Waals surface area contributed by atoms with Crippen molar-refractivity contribution in [1.29, 1.82) is 10.7 Å². The van der Waals surface area contributed by atoms with E-state index in [1.807, 2.05) is 4.90 Å². The van der Waals surface area contributed by atoms with Gasteiger partial charge in [0.25, 0.3) is 11.8 Å². The first kappa shape index (κ1) is 48.6. The standard InChI is InChI=1S/C47H49Cl2N11O8/c1-26(41-34(48)23-54-24-35(41)49)68-39-19-33(36(51)20-38(39)67-3)42(52)29-17-28(21-50)43(56-22-29)58-12-14-59(15-13-58)45(64)27-8-10-57(11-9-27)40(62)25-55-30-6-7-31-32(18-30)47(66)60(46(31)65)37(5-4-16-61)44(63)53-2/h6-7,16-20,22-24,26-27,37,52,55H,4-5,8-15,25,51H2,1-3H3,(H,53,63)/t26-,37?/m1/s1. The fraction of sp³-hybridized carbons (Fsp3) is 0.362. The first-order chi connectivity index (χ1) is 32.7. The molecule has 4 aromatic rings. The summed E-state index contributed by atoms with van der Waals surface area (Å²) in [5.41, 5.74) is 8.75. The second-order valence-electron chi connectivity index (χ2n) is 16.4. The average Bonchev–Trinajstić information content (AvgIpc) is 3.60. The molecule has 2 saturated heterocycles. The van der Waals surface area contributed by atoms with E-state index in [1.54, 1.807) is 41.0 Å². The van der Waals surface area contributed by atoms with Crippen LogP contribution in [0.1, 0.15) is 81.7 Å². The molecule has 2 aromatic carbocycles. The summed E-state index contributed by atoms with van der Waals surface area (Å²) in [5, 5.41) is 25.4. The van der Waals surface area contributed by atoms with Crippen LogP contribution in [-0.2, 0) is 19.2 Å². The predicted octanol–water partition coefficient (Wildman–Crippen LogP) is 4.49. The molecule has 2 aromatic heterocycles. The highest BCUT2D eigenvalue weighted by molar-refractivity contribution is 6.35. The van der Waals surface area contributed by atoms with Crippen LogP contribution in [0.3, 0.4) is 0 Å². The summed E-state index contributed by atoms with van der Waals surface area (Å²) in [6.07, 6.45) is 5.40. The van der Waals surface area contributed by atoms with Crippen molar-refractivity contribution in [2.24, 2.45) is 5.92 Å². The molecule has 354 valence electrons. The van der Waals surface area contributed by atoms with Crippen LogP contribution in [-0.4, -0.2) is 132 Å². The number of carbonyl (C=O) groups excluding carboxylic acids is 6. The Labute approximate surface area is 402 Å². The number of likely N-dealkylation sites (tertiary alicyclic amines) is 1. The van der Waals surface area contributed by atoms with Crippen molar-refractivity contribution in [2.45, 2.75) is 44.8 Å². The number of aldehydes is 1. The van der Waals surface area contributed by atoms with E-state index in [1.165, 1.54) is 44.9 Å². The lowest BCUT2D eigenvalue weighted by molar-refractivity contribution is -0.140. The molecule has 0 radical (unpaired) electrons. The van der Waals surface area contributed by atoms with Crippen molar-refractivity contribution in [2.75, 3.05) is 75.9 Å². The SMILES string of the molecule is CNC(=O)C(CCC=O)N1C(=O)c2ccc(NCC(=O)N3CCC(C(=O)N4CCN(c5ncc(C(=N)c6cc(O[C@H](C)c7c(Cl)cncc7Cl)c(OC)cc6N)cc5C#N)CC4)CC3)cc2C1=O. The average molecular weight is 967 g/mol. The maximum absolute atomic E-state index is 13.7. The van der Waals surface area contributed by atoms with Crippen molar-refractivity contribution < 1.29 is 38.2 Å². The molecule has 0 bridgehead atoms. The predicted molar refractivity (Wildman–Crippen MR) is 252 cm³/mol. The minimum absolute atomic E-state index is 0.00337. The Hall–Kier alpha value is -7.30. The van der Waals surface area contributed by atoms with Gasteiger partial charge < -0.3 is 45.3 Å². The molecule has 0 saturated carbocycles. The lowest BCUT2D eigenvalue weighted by Gasteiger charge is -2.39. The summed E-state index contributed by atoms with van der Waals surface area (Å²) in [4.78, 5) is 91.8. The van der Waals surface area contributed by atoms with Crippen molar-refractivity contribution >= 4 is 81.9 Å². The number of aromatic nitrogens is 2. The zero-order chi connectivity index (χ0) is 48.8. The Kier molecular flexibility index (Phi) is 15.1. The van der Waals surface area contributed by atoms with Gasteiger partial charge in [0.05, 0.1) is 46.1 Å². The number of pyridine rings is 2. The van der Waals surface area contributed by atoms with Gasteiger partial charge in [0.2, 0.25) is 17.7 Å². The number of halogens is 2. The maximum Gasteiger partial charge on any atom is 0.262 e. The monoisotopic (exact) mass is 965 g/mol. The quantitative estimate of drug-likeness (QED) is 0.0523. The number of carbonyl (C=O) groups is 6. The van der Waals surface area contributed by atoms with Crippen LogP contribution in [0.4, 0.5) is 17.2 Å². The third-order valence-electron chi connectivity index (χ3n) is 12.3. The summed E-state index contributed by atoms with van der Waals surface area (Å²) in [6.45, 7) is 4.11. The minimum Gasteiger partial charge on any atom is -0.493 e. The molecular weight excluding hydrogens is 917 g/mol. The zero-order valence-electron chi connectivity index (χ0n) is 37.5. The number of nitrogens with two attached hydrogens (primary N) is 1. The molecular formula is C47H49Cl2N11O8. The second-order valence-corrected chi connectivity index (χ2v) is 17.2. The highest BCUT2D eigenvalue weighted by atomic mass is 35.5. The summed E-state index contributed by atoms with van der Waals surface area (Å²) in [5.74, 6) is -1.26. The number of benzene rings is 2. The van der Waals surface area contributed by atoms with Crippen LogP contribution in [0.5, 0.6) is 11.5 Å². The van der Waals surface area contributed by atoms with Crippen LogP contribution in [0.15, 0.2) is 55.0 Å². The number of rotatable bonds is 16. The number of nitrogen functional groups attached to an aromatic ring is 1. The molecule has 68 heavy (non-hydrogen) atoms. The van der Waals surface area contributed by atoms with E-state index >= 15 is 0 Å². The molecule has 0 aliphatic carbocycles. The van der Waals surface area contributed by atoms with Gasteiger partial charge >= 0.3 is 0 Å². The number of likely N-dealkylation sites (N-methyl/N-ethyl adjacent to an activating group) is 1. The fourth-order valence-electron chi connectivity index (χ4n) is 8.67. The normalized spacial score (nSPS) is 15.8. The number of nitrogens with zero attached hydrogens (tertiary/aromatic N) is 7. The number of imide groups is 1. The Morgan fingerprint density at radius 1 is 0.971 bits per heavy atom. The zero-order valence-corrected chi connectivity index (χ0v) is 39.0. The van der Waals surface area contributed by atoms with Crippen LogP contribution in [0.2, 0.25) is 10.0 Å². The number of hydrogen-bond acceptors (Lipinski definition) is 15. The van der Waals surface area contributed by atoms with Crippen LogP contribution >= 0.6 is 23.2 Å². The van der Waals surface area contributed by atoms with Gasteiger partial charge in [-0.25, -0.2) is 4.98 Å². The number of anilines is 3. The highest BCUT2D eigenvalue weighted by Gasteiger charge is 2.42. The number of piperidine rings is 1. The number of nitriles is 1. The Morgan fingerprint density at radius 2 is 1.66 bits per heavy atom. The van der Waals surface area contributed by atoms with Gasteiger partial charge in [-0.3, -0.25) is 39.3 Å². The first-order valence-corrected chi connectivity index (χ1v) is 22.6. The number of piperazine rings is 1. The number of ether oxygens (including phenoxy) is 2. The van der Waals surface area contributed by atoms with Gasteiger partial charge in [0.1, 0.15) is 30.3 Å². The molecule has 19 nitrogen and oxygen atoms in total. The van der Waals surface area contributed by atoms with Gasteiger partial charge in [-0.2, -0.15) is 5.26 Å². The Morgan fingerprint density at radius 3 is 2.31 bits per heavy atom. The van der Waals surface area contributed by atoms with E-state index in [0.29, 0.717) is 102 Å². The molecule has 0 spiro atoms. The van der Waals surface area contributed by atoms with E-state index in [4.69, 9.17) is 43.8 Å². The van der Waals surface area contributed by atoms with Crippen LogP contribution < -0.4 is 30.7 Å². The summed E-state index contributed by atoms with van der Waals surface area (Å²) in [7, 11) is 2.85. The first-order valence-electron chi connectivity index (χ1n) is 21.8. The molecule has 3 aliphatic heterocycles. The minimum atomic E-state index is -1.14. The lowest BCUT2D eigenvalue weighted by Crippen LogP contribution is -2.52. The van der Waals surface area contributed by atoms with Gasteiger partial charge in [0, 0.05) is 111 Å². The number of amides is 5. The molecule has 5 heterocycles. The Balaban J connectivity index is 0.908. The third kappa shape index (κ3) is 10.0. The largest absolute Gasteiger partial charge is 0.493 e. The molecule has 2 atom stereocenters. The fourth-order valence-corrected chi connectivity index (χ4v) is 9.34. The molecule has 3 aliphatic rings. The van der Waals surface area contributed by atoms with E-state index < -0.39 is 29.9 Å². The van der Waals surface area contributed by atoms with Crippen molar-refractivity contribution in [3.63, 3.8) is 0 Å². The molecule has 5 amide bonds. The molecule has 7 rings (SSSR count). The van der Waals surface area contributed by atoms with Crippen molar-refractivity contribution in [3.8, 4) is 17.6 Å². The van der Waals surface area contributed by atoms with E-state index in [0.717, 1.165) is 4.90 Å². The maximum atomic E-state index is 13.7. The van der Waals surface area contributed by atoms with Gasteiger partial charge in [0.15, 0.2) is 11.5 Å². The van der Waals surface area contributed by atoms with Gasteiger partial charge in [-0.05, 0) is 56.5 Å². The highest BCUT2D eigenvalue weighted by Crippen LogP contribution is 2.39. The second kappa shape index (κ2) is 21.1. The number of fused-ring (bicyclic) bond motifs is 1. The molecule has 2 fully saturated rings. The number of nitrogens with one attached hydrogen (secondary N) is 3. The van der Waals surface area contributed by atoms with Crippen LogP contribution in [0.25, 0.3) is 0 Å². The topological polar surface area (TPSA) is 257 Å². The summed E-state index contributed by atoms with van der Waals surface area (Å²) < 4.78 is 11.7. The van der Waals surface area contributed by atoms with Crippen LogP contribution in [0, 0.1) is 22.7 Å². The van der Waals surface area contributed by atoms with Crippen molar-refractivity contribution in [1.82, 2.24) is 30.0 Å². The van der Waals surface area contributed by atoms with Crippen molar-refractivity contribution in [3.05, 3.63) is 98.4 Å². The van der Waals surface area contributed by atoms with E-state index in [2.05, 4.69) is 26.7 Å². The number of hydrogen-bond donors (Lipinski definition) is 4. The molecule has 21 heteroatoms. The lowest BCUT2D eigenvalue weighted by atomic mass is 9.95. The number of methoxy groups -OCH3 is 1. The molecule has 1 unspecified atom stereocenters. The van der Waals surface area contributed by atoms with E-state index in [9.17, 15) is 34.0 Å². The Bertz CT molecular complexity index is 2690. The molecule has 5 N–H and O–H groups in total. The third-order valence-corrected chi connectivity index (χ3v) is 13.0. The van der Waals surface area contributed by atoms with E-state index in [-0.39, 0.29) is 71.0 Å². The summed E-state index contributed by atoms with van der Waals surface area (Å²) in [6, 6.07) is 10.3.